The van der Waals surface area contributed by atoms with E-state index >= 15 is 0 Å². The van der Waals surface area contributed by atoms with Crippen molar-refractivity contribution in [2.45, 2.75) is 25.9 Å². The Morgan fingerprint density at radius 1 is 1.26 bits per heavy atom. The zero-order chi connectivity index (χ0) is 14.2. The molecule has 102 valence electrons. The van der Waals surface area contributed by atoms with Gasteiger partial charge in [0.1, 0.15) is 5.82 Å². The molecule has 1 aromatic heterocycles. The number of rotatable bonds is 2. The van der Waals surface area contributed by atoms with Gasteiger partial charge in [-0.2, -0.15) is 18.3 Å². The van der Waals surface area contributed by atoms with Crippen molar-refractivity contribution in [2.75, 3.05) is 0 Å². The Bertz CT molecular complexity index is 590. The van der Waals surface area contributed by atoms with Crippen molar-refractivity contribution >= 4 is 15.9 Å². The van der Waals surface area contributed by atoms with Gasteiger partial charge in [-0.1, -0.05) is 29.8 Å². The summed E-state index contributed by atoms with van der Waals surface area (Å²) in [5, 5.41) is 6.68. The van der Waals surface area contributed by atoms with E-state index in [1.54, 1.807) is 0 Å². The van der Waals surface area contributed by atoms with Crippen LogP contribution in [0.2, 0.25) is 0 Å². The zero-order valence-corrected chi connectivity index (χ0v) is 11.8. The summed E-state index contributed by atoms with van der Waals surface area (Å²) in [6, 6.07) is 3.41. The topological polar surface area (TPSA) is 41.6 Å². The van der Waals surface area contributed by atoms with Gasteiger partial charge in [-0.15, -0.1) is 0 Å². The van der Waals surface area contributed by atoms with Gasteiger partial charge in [-0.05, 0) is 18.2 Å². The molecule has 2 rings (SSSR count). The maximum absolute atomic E-state index is 12.7. The van der Waals surface area contributed by atoms with Crippen LogP contribution in [0.3, 0.4) is 0 Å². The van der Waals surface area contributed by atoms with Crippen molar-refractivity contribution in [3.8, 4) is 11.4 Å². The van der Waals surface area contributed by atoms with E-state index in [1.807, 2.05) is 13.8 Å². The summed E-state index contributed by atoms with van der Waals surface area (Å²) in [5.74, 6) is 1.02. The summed E-state index contributed by atoms with van der Waals surface area (Å²) >= 11 is 3.22. The average molecular weight is 334 g/mol. The minimum Gasteiger partial charge on any atom is -0.262 e. The molecule has 0 saturated carbocycles. The number of nitrogens with one attached hydrogen (secondary N) is 1. The van der Waals surface area contributed by atoms with E-state index in [2.05, 4.69) is 31.1 Å². The number of aromatic amines is 1. The maximum Gasteiger partial charge on any atom is 0.416 e. The molecule has 7 heteroatoms. The zero-order valence-electron chi connectivity index (χ0n) is 10.2. The van der Waals surface area contributed by atoms with Crippen molar-refractivity contribution in [3.63, 3.8) is 0 Å². The molecular formula is C12H11BrF3N3. The molecule has 1 N–H and O–H groups in total. The molecule has 0 radical (unpaired) electrons. The number of H-pyrrole nitrogens is 1. The number of benzene rings is 1. The Labute approximate surface area is 116 Å². The first-order valence-electron chi connectivity index (χ1n) is 5.58. The van der Waals surface area contributed by atoms with E-state index in [0.29, 0.717) is 15.9 Å². The van der Waals surface area contributed by atoms with Crippen LogP contribution in [0.15, 0.2) is 22.7 Å². The molecule has 3 nitrogen and oxygen atoms in total. The minimum absolute atomic E-state index is 0.130. The van der Waals surface area contributed by atoms with Crippen LogP contribution in [0.25, 0.3) is 11.4 Å². The highest BCUT2D eigenvalue weighted by molar-refractivity contribution is 9.10. The summed E-state index contributed by atoms with van der Waals surface area (Å²) in [6.45, 7) is 3.84. The molecule has 19 heavy (non-hydrogen) atoms. The Morgan fingerprint density at radius 2 is 1.95 bits per heavy atom. The normalized spacial score (nSPS) is 12.2. The van der Waals surface area contributed by atoms with Gasteiger partial charge in [0.05, 0.1) is 5.56 Å². The second kappa shape index (κ2) is 4.96. The van der Waals surface area contributed by atoms with Gasteiger partial charge in [-0.25, -0.2) is 4.98 Å². The number of halogens is 4. The Kier molecular flexibility index (Phi) is 3.66. The summed E-state index contributed by atoms with van der Waals surface area (Å²) in [7, 11) is 0. The first kappa shape index (κ1) is 14.0. The second-order valence-electron chi connectivity index (χ2n) is 4.39. The summed E-state index contributed by atoms with van der Waals surface area (Å²) in [4.78, 5) is 4.20. The van der Waals surface area contributed by atoms with E-state index in [0.717, 1.165) is 12.1 Å². The molecule has 0 atom stereocenters. The van der Waals surface area contributed by atoms with Crippen LogP contribution in [0, 0.1) is 0 Å². The number of aromatic nitrogens is 3. The molecule has 0 amide bonds. The fourth-order valence-electron chi connectivity index (χ4n) is 1.53. The van der Waals surface area contributed by atoms with E-state index in [4.69, 9.17) is 0 Å². The predicted molar refractivity (Wildman–Crippen MR) is 68.6 cm³/mol. The molecule has 1 heterocycles. The van der Waals surface area contributed by atoms with E-state index < -0.39 is 11.7 Å². The van der Waals surface area contributed by atoms with Crippen molar-refractivity contribution < 1.29 is 13.2 Å². The standard InChI is InChI=1S/C12H11BrF3N3/c1-6(2)10-17-11(19-18-10)8-5-7(12(14,15)16)3-4-9(8)13/h3-6H,1-2H3,(H,17,18,19). The third-order valence-electron chi connectivity index (χ3n) is 2.58. The highest BCUT2D eigenvalue weighted by atomic mass is 79.9. The molecule has 2 aromatic rings. The van der Waals surface area contributed by atoms with Crippen molar-refractivity contribution in [3.05, 3.63) is 34.1 Å². The molecular weight excluding hydrogens is 323 g/mol. The van der Waals surface area contributed by atoms with Gasteiger partial charge in [0, 0.05) is 16.0 Å². The third kappa shape index (κ3) is 2.97. The van der Waals surface area contributed by atoms with Crippen LogP contribution in [0.1, 0.15) is 31.2 Å². The quantitative estimate of drug-likeness (QED) is 0.886. The fraction of sp³-hybridized carbons (Fsp3) is 0.333. The number of hydrogen-bond acceptors (Lipinski definition) is 2. The van der Waals surface area contributed by atoms with Crippen LogP contribution in [-0.2, 0) is 6.18 Å². The van der Waals surface area contributed by atoms with Crippen molar-refractivity contribution in [2.24, 2.45) is 0 Å². The molecule has 0 bridgehead atoms. The number of hydrogen-bond donors (Lipinski definition) is 1. The number of alkyl halides is 3. The van der Waals surface area contributed by atoms with Gasteiger partial charge in [0.2, 0.25) is 0 Å². The monoisotopic (exact) mass is 333 g/mol. The average Bonchev–Trinajstić information content (AvgIpc) is 2.77. The Morgan fingerprint density at radius 3 is 2.47 bits per heavy atom. The van der Waals surface area contributed by atoms with Gasteiger partial charge >= 0.3 is 6.18 Å². The van der Waals surface area contributed by atoms with E-state index in [-0.39, 0.29) is 11.7 Å². The highest BCUT2D eigenvalue weighted by Crippen LogP contribution is 2.35. The van der Waals surface area contributed by atoms with Gasteiger partial charge < -0.3 is 0 Å². The smallest absolute Gasteiger partial charge is 0.262 e. The third-order valence-corrected chi connectivity index (χ3v) is 3.28. The summed E-state index contributed by atoms with van der Waals surface area (Å²) in [6.07, 6.45) is -4.38. The molecule has 0 aliphatic carbocycles. The SMILES string of the molecule is CC(C)c1nc(-c2cc(C(F)(F)F)ccc2Br)n[nH]1. The van der Waals surface area contributed by atoms with Crippen LogP contribution < -0.4 is 0 Å². The van der Waals surface area contributed by atoms with Gasteiger partial charge in [0.15, 0.2) is 5.82 Å². The van der Waals surface area contributed by atoms with E-state index in [1.165, 1.54) is 6.07 Å². The fourth-order valence-corrected chi connectivity index (χ4v) is 1.95. The minimum atomic E-state index is -4.38. The first-order valence-corrected chi connectivity index (χ1v) is 6.37. The first-order chi connectivity index (χ1) is 8.79. The highest BCUT2D eigenvalue weighted by Gasteiger charge is 2.31. The van der Waals surface area contributed by atoms with Crippen molar-refractivity contribution in [1.82, 2.24) is 15.2 Å². The van der Waals surface area contributed by atoms with Crippen LogP contribution in [-0.4, -0.2) is 15.2 Å². The number of nitrogens with zero attached hydrogens (tertiary/aromatic N) is 2. The second-order valence-corrected chi connectivity index (χ2v) is 5.25. The van der Waals surface area contributed by atoms with Crippen LogP contribution >= 0.6 is 15.9 Å². The van der Waals surface area contributed by atoms with Gasteiger partial charge in [0.25, 0.3) is 0 Å². The Hall–Kier alpha value is -1.37. The largest absolute Gasteiger partial charge is 0.416 e. The molecule has 0 saturated heterocycles. The van der Waals surface area contributed by atoms with Crippen LogP contribution in [0.5, 0.6) is 0 Å². The predicted octanol–water partition coefficient (Wildman–Crippen LogP) is 4.38. The molecule has 0 fully saturated rings. The molecule has 0 aliphatic rings. The molecule has 0 spiro atoms. The lowest BCUT2D eigenvalue weighted by molar-refractivity contribution is -0.137. The summed E-state index contributed by atoms with van der Waals surface area (Å²) in [5.41, 5.74) is -0.403. The van der Waals surface area contributed by atoms with Crippen LogP contribution in [0.4, 0.5) is 13.2 Å². The lowest BCUT2D eigenvalue weighted by Crippen LogP contribution is -2.05. The van der Waals surface area contributed by atoms with E-state index in [9.17, 15) is 13.2 Å². The molecule has 0 unspecified atom stereocenters. The molecule has 0 aliphatic heterocycles. The van der Waals surface area contributed by atoms with Crippen molar-refractivity contribution in [1.29, 1.82) is 0 Å². The molecule has 1 aromatic carbocycles. The lowest BCUT2D eigenvalue weighted by Gasteiger charge is -2.08. The Balaban J connectivity index is 2.48. The maximum atomic E-state index is 12.7. The lowest BCUT2D eigenvalue weighted by atomic mass is 10.1. The summed E-state index contributed by atoms with van der Waals surface area (Å²) < 4.78 is 38.6. The van der Waals surface area contributed by atoms with Gasteiger partial charge in [-0.3, -0.25) is 5.10 Å².